The molecule has 1 aliphatic carbocycles. The average molecular weight is 393 g/mol. The molecule has 0 radical (unpaired) electrons. The van der Waals surface area contributed by atoms with Crippen LogP contribution in [0.3, 0.4) is 0 Å². The van der Waals surface area contributed by atoms with Crippen LogP contribution in [0.25, 0.3) is 0 Å². The maximum atomic E-state index is 14.2. The quantitative estimate of drug-likeness (QED) is 0.773. The van der Waals surface area contributed by atoms with Crippen molar-refractivity contribution in [2.75, 3.05) is 18.9 Å². The Kier molecular flexibility index (Phi) is 5.89. The monoisotopic (exact) mass is 393 g/mol. The van der Waals surface area contributed by atoms with E-state index < -0.39 is 15.8 Å². The minimum absolute atomic E-state index is 0.0937. The van der Waals surface area contributed by atoms with Crippen LogP contribution in [0.2, 0.25) is 0 Å². The Morgan fingerprint density at radius 2 is 1.56 bits per heavy atom. The van der Waals surface area contributed by atoms with Gasteiger partial charge in [-0.1, -0.05) is 31.4 Å². The van der Waals surface area contributed by atoms with E-state index in [9.17, 15) is 12.8 Å². The molecule has 5 nitrogen and oxygen atoms in total. The van der Waals surface area contributed by atoms with Gasteiger partial charge >= 0.3 is 0 Å². The predicted molar refractivity (Wildman–Crippen MR) is 103 cm³/mol. The number of nitrogens with one attached hydrogen (secondary N) is 1. The molecule has 0 spiro atoms. The number of halogens is 1. The minimum atomic E-state index is -3.91. The van der Waals surface area contributed by atoms with Gasteiger partial charge in [0.05, 0.1) is 24.8 Å². The Balaban J connectivity index is 1.82. The summed E-state index contributed by atoms with van der Waals surface area (Å²) in [5.74, 6) is 0.181. The molecular weight excluding hydrogens is 369 g/mol. The van der Waals surface area contributed by atoms with Gasteiger partial charge in [0.2, 0.25) is 0 Å². The van der Waals surface area contributed by atoms with Crippen molar-refractivity contribution in [3.63, 3.8) is 0 Å². The minimum Gasteiger partial charge on any atom is -0.493 e. The molecule has 0 atom stereocenters. The molecular formula is C20H24FNO4S. The van der Waals surface area contributed by atoms with Gasteiger partial charge in [0, 0.05) is 12.1 Å². The van der Waals surface area contributed by atoms with Gasteiger partial charge in [-0.05, 0) is 36.5 Å². The average Bonchev–Trinajstić information content (AvgIpc) is 2.69. The molecule has 7 heteroatoms. The van der Waals surface area contributed by atoms with E-state index in [-0.39, 0.29) is 22.1 Å². The molecule has 146 valence electrons. The lowest BCUT2D eigenvalue weighted by molar-refractivity contribution is 0.353. The molecule has 0 amide bonds. The lowest BCUT2D eigenvalue weighted by Crippen LogP contribution is -2.14. The molecule has 0 saturated heterocycles. The van der Waals surface area contributed by atoms with Crippen molar-refractivity contribution in [1.29, 1.82) is 0 Å². The molecule has 1 saturated carbocycles. The largest absolute Gasteiger partial charge is 0.493 e. The number of sulfonamides is 1. The van der Waals surface area contributed by atoms with Crippen LogP contribution in [0.1, 0.15) is 43.6 Å². The SMILES string of the molecule is COc1cc(F)c(NS(=O)(=O)c2ccc(C3CCCCC3)cc2)cc1OC. The van der Waals surface area contributed by atoms with Crippen LogP contribution in [0, 0.1) is 5.82 Å². The first-order valence-electron chi connectivity index (χ1n) is 8.99. The highest BCUT2D eigenvalue weighted by Crippen LogP contribution is 2.35. The van der Waals surface area contributed by atoms with Gasteiger partial charge in [-0.15, -0.1) is 0 Å². The van der Waals surface area contributed by atoms with Gasteiger partial charge in [0.15, 0.2) is 17.3 Å². The van der Waals surface area contributed by atoms with E-state index in [1.165, 1.54) is 39.5 Å². The van der Waals surface area contributed by atoms with Crippen LogP contribution in [-0.2, 0) is 10.0 Å². The van der Waals surface area contributed by atoms with Crippen molar-refractivity contribution in [2.45, 2.75) is 42.9 Å². The van der Waals surface area contributed by atoms with Gasteiger partial charge < -0.3 is 9.47 Å². The predicted octanol–water partition coefficient (Wildman–Crippen LogP) is 4.69. The molecule has 0 bridgehead atoms. The number of hydrogen-bond acceptors (Lipinski definition) is 4. The van der Waals surface area contributed by atoms with Crippen LogP contribution < -0.4 is 14.2 Å². The van der Waals surface area contributed by atoms with Gasteiger partial charge in [0.25, 0.3) is 10.0 Å². The number of hydrogen-bond donors (Lipinski definition) is 1. The smallest absolute Gasteiger partial charge is 0.261 e. The van der Waals surface area contributed by atoms with Crippen LogP contribution in [-0.4, -0.2) is 22.6 Å². The third-order valence-corrected chi connectivity index (χ3v) is 6.37. The van der Waals surface area contributed by atoms with E-state index >= 15 is 0 Å². The first-order chi connectivity index (χ1) is 12.9. The summed E-state index contributed by atoms with van der Waals surface area (Å²) < 4.78 is 51.9. The van der Waals surface area contributed by atoms with Crippen molar-refractivity contribution < 1.29 is 22.3 Å². The Hall–Kier alpha value is -2.28. The highest BCUT2D eigenvalue weighted by Gasteiger charge is 2.20. The summed E-state index contributed by atoms with van der Waals surface area (Å²) >= 11 is 0. The molecule has 0 aromatic heterocycles. The summed E-state index contributed by atoms with van der Waals surface area (Å²) in [7, 11) is -1.13. The maximum Gasteiger partial charge on any atom is 0.261 e. The third-order valence-electron chi connectivity index (χ3n) is 4.98. The number of benzene rings is 2. The topological polar surface area (TPSA) is 64.6 Å². The Bertz CT molecular complexity index is 891. The van der Waals surface area contributed by atoms with Crippen molar-refractivity contribution in [3.05, 3.63) is 47.8 Å². The molecule has 3 rings (SSSR count). The normalized spacial score (nSPS) is 15.4. The Labute approximate surface area is 159 Å². The lowest BCUT2D eigenvalue weighted by atomic mass is 9.84. The second-order valence-electron chi connectivity index (χ2n) is 6.70. The standard InChI is InChI=1S/C20H24FNO4S/c1-25-19-12-17(21)18(13-20(19)26-2)22-27(23,24)16-10-8-15(9-11-16)14-6-4-3-5-7-14/h8-14,22H,3-7H2,1-2H3. The Morgan fingerprint density at radius 1 is 0.963 bits per heavy atom. The van der Waals surface area contributed by atoms with E-state index in [0.29, 0.717) is 5.92 Å². The fourth-order valence-corrected chi connectivity index (χ4v) is 4.55. The van der Waals surface area contributed by atoms with Crippen LogP contribution in [0.15, 0.2) is 41.3 Å². The zero-order valence-corrected chi connectivity index (χ0v) is 16.3. The highest BCUT2D eigenvalue weighted by molar-refractivity contribution is 7.92. The molecule has 1 aliphatic rings. The zero-order valence-electron chi connectivity index (χ0n) is 15.5. The summed E-state index contributed by atoms with van der Waals surface area (Å²) in [6.07, 6.45) is 5.97. The van der Waals surface area contributed by atoms with E-state index in [2.05, 4.69) is 4.72 Å². The van der Waals surface area contributed by atoms with Crippen molar-refractivity contribution >= 4 is 15.7 Å². The fourth-order valence-electron chi connectivity index (χ4n) is 3.49. The molecule has 0 aliphatic heterocycles. The van der Waals surface area contributed by atoms with Crippen LogP contribution in [0.4, 0.5) is 10.1 Å². The number of anilines is 1. The summed E-state index contributed by atoms with van der Waals surface area (Å²) in [6.45, 7) is 0. The number of ether oxygens (including phenoxy) is 2. The summed E-state index contributed by atoms with van der Waals surface area (Å²) in [6, 6.07) is 9.21. The van der Waals surface area contributed by atoms with E-state index in [1.807, 2.05) is 12.1 Å². The zero-order chi connectivity index (χ0) is 19.4. The first-order valence-corrected chi connectivity index (χ1v) is 10.5. The third kappa shape index (κ3) is 4.35. The number of rotatable bonds is 6. The maximum absolute atomic E-state index is 14.2. The molecule has 0 heterocycles. The van der Waals surface area contributed by atoms with E-state index in [0.717, 1.165) is 24.5 Å². The van der Waals surface area contributed by atoms with Gasteiger partial charge in [-0.2, -0.15) is 0 Å². The van der Waals surface area contributed by atoms with Crippen molar-refractivity contribution in [3.8, 4) is 11.5 Å². The fraction of sp³-hybridized carbons (Fsp3) is 0.400. The van der Waals surface area contributed by atoms with Crippen molar-refractivity contribution in [2.24, 2.45) is 0 Å². The number of methoxy groups -OCH3 is 2. The first kappa shape index (κ1) is 19.5. The summed E-state index contributed by atoms with van der Waals surface area (Å²) in [5, 5.41) is 0. The molecule has 27 heavy (non-hydrogen) atoms. The second kappa shape index (κ2) is 8.17. The van der Waals surface area contributed by atoms with Crippen LogP contribution in [0.5, 0.6) is 11.5 Å². The van der Waals surface area contributed by atoms with Gasteiger partial charge in [-0.3, -0.25) is 4.72 Å². The second-order valence-corrected chi connectivity index (χ2v) is 8.38. The Morgan fingerprint density at radius 3 is 2.15 bits per heavy atom. The van der Waals surface area contributed by atoms with E-state index in [4.69, 9.17) is 9.47 Å². The summed E-state index contributed by atoms with van der Waals surface area (Å²) in [5.41, 5.74) is 0.968. The molecule has 1 fully saturated rings. The van der Waals surface area contributed by atoms with E-state index in [1.54, 1.807) is 12.1 Å². The van der Waals surface area contributed by atoms with Crippen molar-refractivity contribution in [1.82, 2.24) is 0 Å². The summed E-state index contributed by atoms with van der Waals surface area (Å²) in [4.78, 5) is 0.0937. The molecule has 1 N–H and O–H groups in total. The van der Waals surface area contributed by atoms with Gasteiger partial charge in [-0.25, -0.2) is 12.8 Å². The molecule has 0 unspecified atom stereocenters. The van der Waals surface area contributed by atoms with Gasteiger partial charge in [0.1, 0.15) is 0 Å². The lowest BCUT2D eigenvalue weighted by Gasteiger charge is -2.22. The van der Waals surface area contributed by atoms with Crippen LogP contribution >= 0.6 is 0 Å². The molecule has 2 aromatic carbocycles. The highest BCUT2D eigenvalue weighted by atomic mass is 32.2. The molecule has 2 aromatic rings.